The first-order valence-corrected chi connectivity index (χ1v) is 9.48. The van der Waals surface area contributed by atoms with E-state index in [2.05, 4.69) is 15.7 Å². The van der Waals surface area contributed by atoms with Gasteiger partial charge >= 0.3 is 0 Å². The summed E-state index contributed by atoms with van der Waals surface area (Å²) in [6.45, 7) is 3.77. The number of aryl methyl sites for hydroxylation is 2. The number of imide groups is 1. The van der Waals surface area contributed by atoms with Crippen molar-refractivity contribution in [3.8, 4) is 0 Å². The van der Waals surface area contributed by atoms with Gasteiger partial charge in [0.1, 0.15) is 12.4 Å². The van der Waals surface area contributed by atoms with Gasteiger partial charge in [0.25, 0.3) is 11.8 Å². The molecule has 2 aliphatic heterocycles. The summed E-state index contributed by atoms with van der Waals surface area (Å²) in [4.78, 5) is 39.2. The minimum atomic E-state index is -0.955. The molecule has 1 N–H and O–H groups in total. The molecule has 0 unspecified atom stereocenters. The highest BCUT2D eigenvalue weighted by atomic mass is 19.1. The SMILES string of the molecule is Cc1cc(C)cc(N2C(=O)[C@H]3N=NN(CC(=O)NCc4ccc(F)cc4)[C@H]3C2=O)c1. The summed E-state index contributed by atoms with van der Waals surface area (Å²) in [5, 5.41) is 11.7. The molecule has 3 amide bonds. The maximum absolute atomic E-state index is 13.0. The minimum absolute atomic E-state index is 0.208. The molecule has 2 aromatic rings. The van der Waals surface area contributed by atoms with Crippen LogP contribution in [0.1, 0.15) is 16.7 Å². The molecule has 0 saturated carbocycles. The Hall–Kier alpha value is -3.62. The zero-order valence-electron chi connectivity index (χ0n) is 16.5. The Bertz CT molecular complexity index is 1030. The Balaban J connectivity index is 1.44. The van der Waals surface area contributed by atoms with Crippen LogP contribution in [-0.2, 0) is 20.9 Å². The van der Waals surface area contributed by atoms with Crippen molar-refractivity contribution >= 4 is 23.4 Å². The van der Waals surface area contributed by atoms with Crippen molar-refractivity contribution < 1.29 is 18.8 Å². The molecule has 1 fully saturated rings. The van der Waals surface area contributed by atoms with Gasteiger partial charge in [0.05, 0.1) is 5.69 Å². The molecular weight excluding hydrogens is 389 g/mol. The Morgan fingerprint density at radius 2 is 1.73 bits per heavy atom. The van der Waals surface area contributed by atoms with Gasteiger partial charge in [0.2, 0.25) is 5.91 Å². The first-order chi connectivity index (χ1) is 14.3. The Labute approximate surface area is 172 Å². The average Bonchev–Trinajstić information content (AvgIpc) is 3.20. The summed E-state index contributed by atoms with van der Waals surface area (Å²) < 4.78 is 13.0. The van der Waals surface area contributed by atoms with Crippen LogP contribution in [0.3, 0.4) is 0 Å². The van der Waals surface area contributed by atoms with Crippen molar-refractivity contribution in [3.05, 3.63) is 65.0 Å². The molecule has 2 heterocycles. The summed E-state index contributed by atoms with van der Waals surface area (Å²) >= 11 is 0. The zero-order valence-corrected chi connectivity index (χ0v) is 16.5. The predicted octanol–water partition coefficient (Wildman–Crippen LogP) is 2.05. The van der Waals surface area contributed by atoms with Gasteiger partial charge in [0.15, 0.2) is 12.1 Å². The second kappa shape index (κ2) is 7.66. The van der Waals surface area contributed by atoms with E-state index in [1.807, 2.05) is 19.9 Å². The fourth-order valence-corrected chi connectivity index (χ4v) is 3.69. The lowest BCUT2D eigenvalue weighted by Crippen LogP contribution is -2.44. The summed E-state index contributed by atoms with van der Waals surface area (Å²) in [6, 6.07) is 9.35. The molecular formula is C21H20FN5O3. The monoisotopic (exact) mass is 409 g/mol. The van der Waals surface area contributed by atoms with Crippen LogP contribution in [0, 0.1) is 19.7 Å². The van der Waals surface area contributed by atoms with E-state index in [1.165, 1.54) is 17.1 Å². The van der Waals surface area contributed by atoms with E-state index >= 15 is 0 Å². The number of anilines is 1. The van der Waals surface area contributed by atoms with Gasteiger partial charge in [-0.2, -0.15) is 5.11 Å². The number of halogens is 1. The van der Waals surface area contributed by atoms with Crippen LogP contribution >= 0.6 is 0 Å². The molecule has 0 aromatic heterocycles. The third-order valence-electron chi connectivity index (χ3n) is 5.03. The zero-order chi connectivity index (χ0) is 21.4. The van der Waals surface area contributed by atoms with E-state index < -0.39 is 23.9 Å². The third-order valence-corrected chi connectivity index (χ3v) is 5.03. The lowest BCUT2D eigenvalue weighted by molar-refractivity contribution is -0.125. The van der Waals surface area contributed by atoms with E-state index in [0.717, 1.165) is 21.6 Å². The third kappa shape index (κ3) is 3.66. The molecule has 30 heavy (non-hydrogen) atoms. The van der Waals surface area contributed by atoms with Gasteiger partial charge < -0.3 is 5.32 Å². The van der Waals surface area contributed by atoms with Crippen molar-refractivity contribution in [1.29, 1.82) is 0 Å². The molecule has 1 saturated heterocycles. The largest absolute Gasteiger partial charge is 0.350 e. The summed E-state index contributed by atoms with van der Waals surface area (Å²) in [6.07, 6.45) is 0. The molecule has 2 aliphatic rings. The number of carbonyl (C=O) groups excluding carboxylic acids is 3. The van der Waals surface area contributed by atoms with Crippen molar-refractivity contribution in [2.45, 2.75) is 32.5 Å². The number of rotatable bonds is 5. The summed E-state index contributed by atoms with van der Waals surface area (Å²) in [5.74, 6) is -1.64. The lowest BCUT2D eigenvalue weighted by atomic mass is 10.1. The number of amides is 3. The maximum Gasteiger partial charge on any atom is 0.263 e. The van der Waals surface area contributed by atoms with E-state index in [-0.39, 0.29) is 24.8 Å². The molecule has 0 radical (unpaired) electrons. The molecule has 4 rings (SSSR count). The van der Waals surface area contributed by atoms with Crippen molar-refractivity contribution in [2.24, 2.45) is 10.3 Å². The van der Waals surface area contributed by atoms with Gasteiger partial charge in [-0.05, 0) is 54.8 Å². The molecule has 2 aromatic carbocycles. The highest BCUT2D eigenvalue weighted by Gasteiger charge is 2.55. The van der Waals surface area contributed by atoms with E-state index in [1.54, 1.807) is 24.3 Å². The molecule has 2 atom stereocenters. The van der Waals surface area contributed by atoms with Crippen LogP contribution in [0.15, 0.2) is 52.8 Å². The lowest BCUT2D eigenvalue weighted by Gasteiger charge is -2.20. The molecule has 8 nitrogen and oxygen atoms in total. The second-order valence-corrected chi connectivity index (χ2v) is 7.45. The Kier molecular flexibility index (Phi) is 5.03. The van der Waals surface area contributed by atoms with Gasteiger partial charge in [-0.25, -0.2) is 9.29 Å². The number of nitrogens with one attached hydrogen (secondary N) is 1. The Morgan fingerprint density at radius 3 is 2.40 bits per heavy atom. The van der Waals surface area contributed by atoms with Crippen LogP contribution in [-0.4, -0.2) is 41.4 Å². The van der Waals surface area contributed by atoms with Crippen LogP contribution in [0.4, 0.5) is 10.1 Å². The number of hydrogen-bond acceptors (Lipinski definition) is 6. The fraction of sp³-hybridized carbons (Fsp3) is 0.286. The quantitative estimate of drug-likeness (QED) is 0.765. The first-order valence-electron chi connectivity index (χ1n) is 9.48. The van der Waals surface area contributed by atoms with Crippen LogP contribution in [0.25, 0.3) is 0 Å². The number of benzene rings is 2. The van der Waals surface area contributed by atoms with Crippen molar-refractivity contribution in [1.82, 2.24) is 10.3 Å². The smallest absolute Gasteiger partial charge is 0.263 e. The normalized spacial score (nSPS) is 20.1. The number of nitrogens with zero attached hydrogens (tertiary/aromatic N) is 4. The molecule has 0 spiro atoms. The summed E-state index contributed by atoms with van der Waals surface area (Å²) in [5.41, 5.74) is 3.09. The molecule has 0 bridgehead atoms. The Morgan fingerprint density at radius 1 is 1.07 bits per heavy atom. The number of fused-ring (bicyclic) bond motifs is 1. The number of hydrogen-bond donors (Lipinski definition) is 1. The fourth-order valence-electron chi connectivity index (χ4n) is 3.69. The van der Waals surface area contributed by atoms with E-state index in [0.29, 0.717) is 5.69 Å². The van der Waals surface area contributed by atoms with Gasteiger partial charge in [-0.1, -0.05) is 23.4 Å². The first kappa shape index (κ1) is 19.7. The van der Waals surface area contributed by atoms with Gasteiger partial charge in [-0.15, -0.1) is 0 Å². The highest BCUT2D eigenvalue weighted by Crippen LogP contribution is 2.32. The minimum Gasteiger partial charge on any atom is -0.350 e. The summed E-state index contributed by atoms with van der Waals surface area (Å²) in [7, 11) is 0. The number of carbonyl (C=O) groups is 3. The van der Waals surface area contributed by atoms with Gasteiger partial charge in [-0.3, -0.25) is 19.4 Å². The highest BCUT2D eigenvalue weighted by molar-refractivity contribution is 6.25. The van der Waals surface area contributed by atoms with Gasteiger partial charge in [0, 0.05) is 6.54 Å². The van der Waals surface area contributed by atoms with E-state index in [9.17, 15) is 18.8 Å². The standard InChI is InChI=1S/C21H20FN5O3/c1-12-7-13(2)9-16(8-12)27-20(29)18-19(21(27)30)26(25-24-18)11-17(28)23-10-14-3-5-15(22)6-4-14/h3-9,18-19H,10-11H2,1-2H3,(H,23,28)/t18-,19+/m0/s1. The van der Waals surface area contributed by atoms with Crippen LogP contribution in [0.2, 0.25) is 0 Å². The van der Waals surface area contributed by atoms with Crippen molar-refractivity contribution in [2.75, 3.05) is 11.4 Å². The molecule has 0 aliphatic carbocycles. The average molecular weight is 409 g/mol. The van der Waals surface area contributed by atoms with E-state index in [4.69, 9.17) is 0 Å². The molecule has 154 valence electrons. The maximum atomic E-state index is 13.0. The van der Waals surface area contributed by atoms with Crippen LogP contribution < -0.4 is 10.2 Å². The van der Waals surface area contributed by atoms with Crippen molar-refractivity contribution in [3.63, 3.8) is 0 Å². The second-order valence-electron chi connectivity index (χ2n) is 7.45. The molecule has 9 heteroatoms. The predicted molar refractivity (Wildman–Crippen MR) is 106 cm³/mol. The van der Waals surface area contributed by atoms with Crippen LogP contribution in [0.5, 0.6) is 0 Å². The topological polar surface area (TPSA) is 94.4 Å².